The topological polar surface area (TPSA) is 70.2 Å². The van der Waals surface area contributed by atoms with Crippen molar-refractivity contribution < 1.29 is 9.59 Å². The van der Waals surface area contributed by atoms with Gasteiger partial charge in [0, 0.05) is 36.3 Å². The molecule has 2 aliphatic heterocycles. The van der Waals surface area contributed by atoms with Crippen LogP contribution >= 0.6 is 12.4 Å². The lowest BCUT2D eigenvalue weighted by Gasteiger charge is -2.28. The van der Waals surface area contributed by atoms with Crippen LogP contribution in [0.15, 0.2) is 18.2 Å². The fourth-order valence-electron chi connectivity index (χ4n) is 3.89. The predicted molar refractivity (Wildman–Crippen MR) is 103 cm³/mol. The molecule has 3 rings (SSSR count). The van der Waals surface area contributed by atoms with Crippen LogP contribution in [0.4, 0.5) is 11.4 Å². The maximum atomic E-state index is 12.4. The van der Waals surface area contributed by atoms with Gasteiger partial charge >= 0.3 is 0 Å². The van der Waals surface area contributed by atoms with Gasteiger partial charge in [-0.15, -0.1) is 12.4 Å². The van der Waals surface area contributed by atoms with E-state index in [1.807, 2.05) is 32.0 Å². The standard InChI is InChI=1S/C19H27N3O2.ClH/c1-3-18(23)21-16-5-4-12(2)17(11-16)22-19(24)10-13-8-14-6-7-15(9-13)20-14;/h4-5,11,13-15,20H,3,6-10H2,1-2H3,(H,21,23)(H,22,24);1H. The zero-order valence-corrected chi connectivity index (χ0v) is 15.7. The Morgan fingerprint density at radius 3 is 2.44 bits per heavy atom. The fraction of sp³-hybridized carbons (Fsp3) is 0.579. The lowest BCUT2D eigenvalue weighted by Crippen LogP contribution is -2.39. The van der Waals surface area contributed by atoms with Gasteiger partial charge in [0.2, 0.25) is 11.8 Å². The minimum absolute atomic E-state index is 0. The van der Waals surface area contributed by atoms with E-state index in [0.717, 1.165) is 29.8 Å². The normalized spacial score (nSPS) is 24.3. The molecular weight excluding hydrogens is 338 g/mol. The van der Waals surface area contributed by atoms with Gasteiger partial charge in [-0.1, -0.05) is 13.0 Å². The van der Waals surface area contributed by atoms with Crippen molar-refractivity contribution in [1.29, 1.82) is 0 Å². The van der Waals surface area contributed by atoms with Crippen molar-refractivity contribution >= 4 is 35.6 Å². The molecule has 2 amide bonds. The van der Waals surface area contributed by atoms with Gasteiger partial charge in [0.25, 0.3) is 0 Å². The van der Waals surface area contributed by atoms with E-state index in [1.165, 1.54) is 12.8 Å². The van der Waals surface area contributed by atoms with Crippen molar-refractivity contribution in [2.75, 3.05) is 10.6 Å². The molecular formula is C19H28ClN3O2. The number of carbonyl (C=O) groups is 2. The number of fused-ring (bicyclic) bond motifs is 2. The van der Waals surface area contributed by atoms with Crippen molar-refractivity contribution in [3.8, 4) is 0 Å². The number of rotatable bonds is 5. The fourth-order valence-corrected chi connectivity index (χ4v) is 3.89. The van der Waals surface area contributed by atoms with Gasteiger partial charge in [-0.05, 0) is 56.2 Å². The van der Waals surface area contributed by atoms with E-state index in [4.69, 9.17) is 0 Å². The van der Waals surface area contributed by atoms with Crippen LogP contribution in [0, 0.1) is 12.8 Å². The summed E-state index contributed by atoms with van der Waals surface area (Å²) in [5.41, 5.74) is 2.51. The van der Waals surface area contributed by atoms with E-state index in [9.17, 15) is 9.59 Å². The third-order valence-electron chi connectivity index (χ3n) is 5.16. The molecule has 5 nitrogen and oxygen atoms in total. The number of hydrogen-bond acceptors (Lipinski definition) is 3. The highest BCUT2D eigenvalue weighted by molar-refractivity contribution is 5.94. The minimum atomic E-state index is -0.0266. The second kappa shape index (κ2) is 8.68. The number of anilines is 2. The van der Waals surface area contributed by atoms with Crippen molar-refractivity contribution in [1.82, 2.24) is 5.32 Å². The predicted octanol–water partition coefficient (Wildman–Crippen LogP) is 3.62. The lowest BCUT2D eigenvalue weighted by atomic mass is 9.89. The van der Waals surface area contributed by atoms with Crippen molar-refractivity contribution in [2.24, 2.45) is 5.92 Å². The van der Waals surface area contributed by atoms with Crippen LogP contribution in [0.25, 0.3) is 0 Å². The van der Waals surface area contributed by atoms with E-state index in [1.54, 1.807) is 0 Å². The van der Waals surface area contributed by atoms with Crippen molar-refractivity contribution in [3.05, 3.63) is 23.8 Å². The zero-order valence-electron chi connectivity index (χ0n) is 14.9. The summed E-state index contributed by atoms with van der Waals surface area (Å²) in [6.07, 6.45) is 5.74. The first-order valence-electron chi connectivity index (χ1n) is 9.00. The molecule has 1 aromatic carbocycles. The largest absolute Gasteiger partial charge is 0.326 e. The molecule has 2 aliphatic rings. The number of nitrogens with one attached hydrogen (secondary N) is 3. The highest BCUT2D eigenvalue weighted by Crippen LogP contribution is 2.33. The van der Waals surface area contributed by atoms with Gasteiger partial charge in [0.05, 0.1) is 0 Å². The van der Waals surface area contributed by atoms with Gasteiger partial charge in [-0.3, -0.25) is 9.59 Å². The van der Waals surface area contributed by atoms with E-state index >= 15 is 0 Å². The third kappa shape index (κ3) is 5.19. The van der Waals surface area contributed by atoms with Gasteiger partial charge in [-0.2, -0.15) is 0 Å². The minimum Gasteiger partial charge on any atom is -0.326 e. The molecule has 1 aromatic rings. The highest BCUT2D eigenvalue weighted by atomic mass is 35.5. The first kappa shape index (κ1) is 19.7. The molecule has 2 fully saturated rings. The molecule has 2 atom stereocenters. The summed E-state index contributed by atoms with van der Waals surface area (Å²) in [6, 6.07) is 6.84. The Kier molecular flexibility index (Phi) is 6.85. The number of carbonyl (C=O) groups excluding carboxylic acids is 2. The van der Waals surface area contributed by atoms with Gasteiger partial charge in [0.15, 0.2) is 0 Å². The highest BCUT2D eigenvalue weighted by Gasteiger charge is 2.34. The molecule has 6 heteroatoms. The summed E-state index contributed by atoms with van der Waals surface area (Å²) in [5.74, 6) is 0.525. The van der Waals surface area contributed by atoms with E-state index in [-0.39, 0.29) is 24.2 Å². The second-order valence-corrected chi connectivity index (χ2v) is 7.16. The quantitative estimate of drug-likeness (QED) is 0.746. The number of aryl methyl sites for hydroxylation is 1. The lowest BCUT2D eigenvalue weighted by molar-refractivity contribution is -0.117. The molecule has 0 aliphatic carbocycles. The van der Waals surface area contributed by atoms with Crippen LogP contribution < -0.4 is 16.0 Å². The molecule has 138 valence electrons. The SMILES string of the molecule is CCC(=O)Nc1ccc(C)c(NC(=O)CC2CC3CCC(C2)N3)c1.Cl. The molecule has 0 spiro atoms. The Hall–Kier alpha value is -1.59. The van der Waals surface area contributed by atoms with Gasteiger partial charge in [0.1, 0.15) is 0 Å². The monoisotopic (exact) mass is 365 g/mol. The Bertz CT molecular complexity index is 623. The van der Waals surface area contributed by atoms with Crippen LogP contribution in [0.2, 0.25) is 0 Å². The molecule has 0 radical (unpaired) electrons. The van der Waals surface area contributed by atoms with E-state index in [2.05, 4.69) is 16.0 Å². The van der Waals surface area contributed by atoms with Crippen molar-refractivity contribution in [2.45, 2.75) is 64.5 Å². The van der Waals surface area contributed by atoms with Crippen LogP contribution in [0.3, 0.4) is 0 Å². The maximum absolute atomic E-state index is 12.4. The molecule has 2 saturated heterocycles. The Labute approximate surface area is 155 Å². The van der Waals surface area contributed by atoms with Gasteiger partial charge < -0.3 is 16.0 Å². The molecule has 2 heterocycles. The van der Waals surface area contributed by atoms with Crippen LogP contribution in [-0.4, -0.2) is 23.9 Å². The van der Waals surface area contributed by atoms with E-state index in [0.29, 0.717) is 30.8 Å². The molecule has 3 N–H and O–H groups in total. The van der Waals surface area contributed by atoms with Gasteiger partial charge in [-0.25, -0.2) is 0 Å². The van der Waals surface area contributed by atoms with Crippen molar-refractivity contribution in [3.63, 3.8) is 0 Å². The number of hydrogen-bond donors (Lipinski definition) is 3. The molecule has 0 saturated carbocycles. The summed E-state index contributed by atoms with van der Waals surface area (Å²) in [5, 5.41) is 9.48. The number of benzene rings is 1. The summed E-state index contributed by atoms with van der Waals surface area (Å²) in [7, 11) is 0. The second-order valence-electron chi connectivity index (χ2n) is 7.16. The Balaban J connectivity index is 0.00000225. The molecule has 2 bridgehead atoms. The van der Waals surface area contributed by atoms with Crippen LogP contribution in [0.1, 0.15) is 51.0 Å². The Morgan fingerprint density at radius 2 is 1.80 bits per heavy atom. The molecule has 2 unspecified atom stereocenters. The van der Waals surface area contributed by atoms with Crippen LogP contribution in [-0.2, 0) is 9.59 Å². The Morgan fingerprint density at radius 1 is 1.12 bits per heavy atom. The molecule has 0 aromatic heterocycles. The molecule has 25 heavy (non-hydrogen) atoms. The van der Waals surface area contributed by atoms with E-state index < -0.39 is 0 Å². The third-order valence-corrected chi connectivity index (χ3v) is 5.16. The first-order chi connectivity index (χ1) is 11.5. The average molecular weight is 366 g/mol. The maximum Gasteiger partial charge on any atom is 0.224 e. The first-order valence-corrected chi connectivity index (χ1v) is 9.00. The summed E-state index contributed by atoms with van der Waals surface area (Å²) >= 11 is 0. The number of piperidine rings is 1. The number of amides is 2. The number of halogens is 1. The summed E-state index contributed by atoms with van der Waals surface area (Å²) < 4.78 is 0. The smallest absolute Gasteiger partial charge is 0.224 e. The summed E-state index contributed by atoms with van der Waals surface area (Å²) in [6.45, 7) is 3.78. The van der Waals surface area contributed by atoms with Crippen LogP contribution in [0.5, 0.6) is 0 Å². The zero-order chi connectivity index (χ0) is 17.1. The average Bonchev–Trinajstić information content (AvgIpc) is 2.89. The summed E-state index contributed by atoms with van der Waals surface area (Å²) in [4.78, 5) is 24.0.